The molecule has 1 aromatic heterocycles. The average molecular weight is 257 g/mol. The van der Waals surface area contributed by atoms with Gasteiger partial charge in [-0.05, 0) is 19.4 Å². The van der Waals surface area contributed by atoms with Gasteiger partial charge in [0.2, 0.25) is 0 Å². The summed E-state index contributed by atoms with van der Waals surface area (Å²) in [4.78, 5) is 8.16. The van der Waals surface area contributed by atoms with Gasteiger partial charge < -0.3 is 15.4 Å². The van der Waals surface area contributed by atoms with E-state index in [2.05, 4.69) is 20.6 Å². The highest BCUT2D eigenvalue weighted by Gasteiger charge is 2.14. The zero-order chi connectivity index (χ0) is 12.1. The quantitative estimate of drug-likeness (QED) is 0.862. The molecule has 1 aliphatic rings. The minimum atomic E-state index is 0.332. The molecule has 1 unspecified atom stereocenters. The molecule has 2 N–H and O–H groups in total. The van der Waals surface area contributed by atoms with Gasteiger partial charge in [-0.15, -0.1) is 0 Å². The van der Waals surface area contributed by atoms with Crippen molar-refractivity contribution < 1.29 is 4.74 Å². The van der Waals surface area contributed by atoms with Crippen LogP contribution >= 0.6 is 11.6 Å². The maximum Gasteiger partial charge on any atom is 0.318 e. The smallest absolute Gasteiger partial charge is 0.318 e. The number of aromatic nitrogens is 2. The lowest BCUT2D eigenvalue weighted by molar-refractivity contribution is 0.380. The molecule has 1 aromatic rings. The first kappa shape index (κ1) is 12.4. The number of ether oxygens (including phenoxy) is 1. The third kappa shape index (κ3) is 3.44. The Morgan fingerprint density at radius 2 is 2.41 bits per heavy atom. The van der Waals surface area contributed by atoms with E-state index in [1.54, 1.807) is 13.3 Å². The van der Waals surface area contributed by atoms with E-state index >= 15 is 0 Å². The molecule has 94 valence electrons. The molecule has 6 heteroatoms. The Balaban J connectivity index is 2.05. The van der Waals surface area contributed by atoms with Crippen molar-refractivity contribution in [3.63, 3.8) is 0 Å². The number of methoxy groups -OCH3 is 1. The normalized spacial score (nSPS) is 20.7. The Bertz CT molecular complexity index is 366. The Morgan fingerprint density at radius 1 is 1.53 bits per heavy atom. The van der Waals surface area contributed by atoms with Gasteiger partial charge in [-0.1, -0.05) is 18.0 Å². The van der Waals surface area contributed by atoms with Gasteiger partial charge in [0.05, 0.1) is 13.3 Å². The van der Waals surface area contributed by atoms with E-state index in [-0.39, 0.29) is 0 Å². The van der Waals surface area contributed by atoms with Crippen LogP contribution in [0.4, 0.5) is 5.82 Å². The Hall–Kier alpha value is -1.07. The third-order valence-electron chi connectivity index (χ3n) is 2.79. The van der Waals surface area contributed by atoms with Gasteiger partial charge in [-0.25, -0.2) is 4.98 Å². The molecule has 2 rings (SSSR count). The lowest BCUT2D eigenvalue weighted by Gasteiger charge is -2.17. The van der Waals surface area contributed by atoms with Crippen LogP contribution < -0.4 is 15.4 Å². The van der Waals surface area contributed by atoms with E-state index in [9.17, 15) is 0 Å². The molecule has 0 spiro atoms. The van der Waals surface area contributed by atoms with Crippen molar-refractivity contribution in [2.45, 2.75) is 25.3 Å². The van der Waals surface area contributed by atoms with Crippen molar-refractivity contribution in [2.24, 2.45) is 0 Å². The van der Waals surface area contributed by atoms with Crippen LogP contribution in [0.15, 0.2) is 6.20 Å². The molecular formula is C11H17ClN4O. The van der Waals surface area contributed by atoms with E-state index in [0.717, 1.165) is 19.5 Å². The van der Waals surface area contributed by atoms with Crippen LogP contribution in [0.5, 0.6) is 6.01 Å². The van der Waals surface area contributed by atoms with Crippen molar-refractivity contribution in [1.82, 2.24) is 15.3 Å². The summed E-state index contributed by atoms with van der Waals surface area (Å²) in [6.45, 7) is 2.02. The van der Waals surface area contributed by atoms with Crippen molar-refractivity contribution in [3.05, 3.63) is 11.2 Å². The van der Waals surface area contributed by atoms with E-state index < -0.39 is 0 Å². The maximum atomic E-state index is 6.05. The molecule has 1 aliphatic heterocycles. The van der Waals surface area contributed by atoms with Crippen LogP contribution in [0.2, 0.25) is 5.02 Å². The fraction of sp³-hybridized carbons (Fsp3) is 0.636. The molecule has 17 heavy (non-hydrogen) atoms. The molecule has 0 saturated carbocycles. The van der Waals surface area contributed by atoms with Gasteiger partial charge >= 0.3 is 6.01 Å². The minimum Gasteiger partial charge on any atom is -0.467 e. The van der Waals surface area contributed by atoms with Gasteiger partial charge in [0, 0.05) is 12.6 Å². The van der Waals surface area contributed by atoms with Crippen molar-refractivity contribution in [2.75, 3.05) is 25.5 Å². The largest absolute Gasteiger partial charge is 0.467 e. The number of anilines is 1. The second-order valence-corrected chi connectivity index (χ2v) is 4.50. The van der Waals surface area contributed by atoms with Crippen LogP contribution in [-0.2, 0) is 0 Å². The van der Waals surface area contributed by atoms with E-state index in [1.165, 1.54) is 12.8 Å². The molecule has 1 fully saturated rings. The highest BCUT2D eigenvalue weighted by molar-refractivity contribution is 6.32. The summed E-state index contributed by atoms with van der Waals surface area (Å²) in [5.41, 5.74) is 0. The fourth-order valence-electron chi connectivity index (χ4n) is 1.89. The number of halogens is 1. The second-order valence-electron chi connectivity index (χ2n) is 4.09. The molecule has 0 aliphatic carbocycles. The SMILES string of the molecule is COc1ncc(Cl)c(NC2CCCCNC2)n1. The highest BCUT2D eigenvalue weighted by atomic mass is 35.5. The summed E-state index contributed by atoms with van der Waals surface area (Å²) in [5, 5.41) is 7.25. The first-order chi connectivity index (χ1) is 8.29. The zero-order valence-corrected chi connectivity index (χ0v) is 10.6. The molecule has 0 aromatic carbocycles. The van der Waals surface area contributed by atoms with Gasteiger partial charge in [0.25, 0.3) is 0 Å². The summed E-state index contributed by atoms with van der Waals surface area (Å²) in [6, 6.07) is 0.688. The van der Waals surface area contributed by atoms with Crippen LogP contribution in [0.25, 0.3) is 0 Å². The van der Waals surface area contributed by atoms with Gasteiger partial charge in [-0.3, -0.25) is 0 Å². The molecule has 1 saturated heterocycles. The Morgan fingerprint density at radius 3 is 3.24 bits per heavy atom. The summed E-state index contributed by atoms with van der Waals surface area (Å²) < 4.78 is 4.99. The first-order valence-electron chi connectivity index (χ1n) is 5.83. The minimum absolute atomic E-state index is 0.332. The lowest BCUT2D eigenvalue weighted by Crippen LogP contribution is -2.31. The predicted molar refractivity (Wildman–Crippen MR) is 67.7 cm³/mol. The fourth-order valence-corrected chi connectivity index (χ4v) is 2.03. The Kier molecular flexibility index (Phi) is 4.39. The van der Waals surface area contributed by atoms with Gasteiger partial charge in [-0.2, -0.15) is 4.98 Å². The van der Waals surface area contributed by atoms with E-state index in [0.29, 0.717) is 22.9 Å². The number of nitrogens with one attached hydrogen (secondary N) is 2. The van der Waals surface area contributed by atoms with E-state index in [4.69, 9.17) is 16.3 Å². The number of hydrogen-bond acceptors (Lipinski definition) is 5. The molecule has 1 atom stereocenters. The summed E-state index contributed by atoms with van der Waals surface area (Å²) in [6.07, 6.45) is 5.11. The number of rotatable bonds is 3. The first-order valence-corrected chi connectivity index (χ1v) is 6.21. The number of hydrogen-bond donors (Lipinski definition) is 2. The third-order valence-corrected chi connectivity index (χ3v) is 3.07. The summed E-state index contributed by atoms with van der Waals surface area (Å²) in [7, 11) is 1.54. The molecule has 2 heterocycles. The average Bonchev–Trinajstić information content (AvgIpc) is 2.60. The van der Waals surface area contributed by atoms with Crippen LogP contribution in [0.1, 0.15) is 19.3 Å². The Labute approximate surface area is 106 Å². The highest BCUT2D eigenvalue weighted by Crippen LogP contribution is 2.22. The second kappa shape index (κ2) is 6.02. The molecule has 5 nitrogen and oxygen atoms in total. The van der Waals surface area contributed by atoms with Crippen molar-refractivity contribution in [3.8, 4) is 6.01 Å². The van der Waals surface area contributed by atoms with Crippen LogP contribution in [0.3, 0.4) is 0 Å². The van der Waals surface area contributed by atoms with Crippen LogP contribution in [0, 0.1) is 0 Å². The monoisotopic (exact) mass is 256 g/mol. The molecule has 0 amide bonds. The summed E-state index contributed by atoms with van der Waals surface area (Å²) >= 11 is 6.05. The lowest BCUT2D eigenvalue weighted by atomic mass is 10.1. The standard InChI is InChI=1S/C11H17ClN4O/c1-17-11-14-7-9(12)10(16-11)15-8-4-2-3-5-13-6-8/h7-8,13H,2-6H2,1H3,(H,14,15,16). The van der Waals surface area contributed by atoms with E-state index in [1.807, 2.05) is 0 Å². The number of nitrogens with zero attached hydrogens (tertiary/aromatic N) is 2. The molecule has 0 radical (unpaired) electrons. The van der Waals surface area contributed by atoms with Crippen molar-refractivity contribution >= 4 is 17.4 Å². The topological polar surface area (TPSA) is 59.1 Å². The predicted octanol–water partition coefficient (Wildman–Crippen LogP) is 1.69. The van der Waals surface area contributed by atoms with Crippen LogP contribution in [-0.4, -0.2) is 36.2 Å². The maximum absolute atomic E-state index is 6.05. The zero-order valence-electron chi connectivity index (χ0n) is 9.87. The summed E-state index contributed by atoms with van der Waals surface area (Å²) in [5.74, 6) is 0.646. The molecular weight excluding hydrogens is 240 g/mol. The molecule has 0 bridgehead atoms. The van der Waals surface area contributed by atoms with Gasteiger partial charge in [0.1, 0.15) is 5.02 Å². The van der Waals surface area contributed by atoms with Gasteiger partial charge in [0.15, 0.2) is 5.82 Å². The van der Waals surface area contributed by atoms with Crippen molar-refractivity contribution in [1.29, 1.82) is 0 Å².